The van der Waals surface area contributed by atoms with Gasteiger partial charge in [-0.25, -0.2) is 4.98 Å². The van der Waals surface area contributed by atoms with Gasteiger partial charge in [0, 0.05) is 18.4 Å². The van der Waals surface area contributed by atoms with Crippen LogP contribution in [0.15, 0.2) is 30.5 Å². The summed E-state index contributed by atoms with van der Waals surface area (Å²) in [5.41, 5.74) is 13.4. The van der Waals surface area contributed by atoms with Crippen molar-refractivity contribution in [3.63, 3.8) is 0 Å². The summed E-state index contributed by atoms with van der Waals surface area (Å²) in [7, 11) is 0. The highest BCUT2D eigenvalue weighted by molar-refractivity contribution is 5.94. The van der Waals surface area contributed by atoms with Gasteiger partial charge in [-0.3, -0.25) is 4.79 Å². The van der Waals surface area contributed by atoms with Gasteiger partial charge in [0.1, 0.15) is 0 Å². The lowest BCUT2D eigenvalue weighted by atomic mass is 10.00. The Morgan fingerprint density at radius 3 is 2.65 bits per heavy atom. The number of amides is 1. The number of carbonyl (C=O) groups excluding carboxylic acids is 1. The van der Waals surface area contributed by atoms with Crippen LogP contribution < -0.4 is 11.1 Å². The van der Waals surface area contributed by atoms with Crippen molar-refractivity contribution < 1.29 is 4.79 Å². The molecule has 2 heterocycles. The molecule has 0 aliphatic rings. The van der Waals surface area contributed by atoms with Gasteiger partial charge in [0.2, 0.25) is 5.91 Å². The van der Waals surface area contributed by atoms with Crippen LogP contribution in [-0.4, -0.2) is 15.3 Å². The van der Waals surface area contributed by atoms with Crippen molar-refractivity contribution in [3.05, 3.63) is 64.1 Å². The molecule has 26 heavy (non-hydrogen) atoms. The third-order valence-corrected chi connectivity index (χ3v) is 4.82. The van der Waals surface area contributed by atoms with Crippen LogP contribution in [-0.2, 0) is 13.0 Å². The number of primary amides is 1. The maximum atomic E-state index is 11.7. The molecule has 0 fully saturated rings. The highest BCUT2D eigenvalue weighted by Crippen LogP contribution is 2.24. The van der Waals surface area contributed by atoms with Crippen LogP contribution in [0.4, 0.5) is 5.69 Å². The molecule has 0 saturated carbocycles. The third-order valence-electron chi connectivity index (χ3n) is 4.82. The van der Waals surface area contributed by atoms with Gasteiger partial charge in [-0.15, -0.1) is 12.4 Å². The van der Waals surface area contributed by atoms with Gasteiger partial charge in [-0.2, -0.15) is 0 Å². The molecular weight excluding hydrogens is 348 g/mol. The molecule has 1 aromatic carbocycles. The number of imidazole rings is 1. The van der Waals surface area contributed by atoms with Crippen LogP contribution in [0.3, 0.4) is 0 Å². The minimum Gasteiger partial charge on any atom is -0.378 e. The number of nitrogens with two attached hydrogens (primary N) is 1. The van der Waals surface area contributed by atoms with Gasteiger partial charge in [0.05, 0.1) is 16.9 Å². The Balaban J connectivity index is 0.00000243. The Labute approximate surface area is 160 Å². The van der Waals surface area contributed by atoms with Crippen molar-refractivity contribution in [1.29, 1.82) is 0 Å². The van der Waals surface area contributed by atoms with Crippen molar-refractivity contribution >= 4 is 29.6 Å². The van der Waals surface area contributed by atoms with Crippen molar-refractivity contribution in [2.75, 3.05) is 5.32 Å². The molecule has 3 aromatic rings. The number of aryl methyl sites for hydroxylation is 4. The molecule has 1 amide bonds. The number of rotatable bonds is 5. The standard InChI is InChI=1S/C20H24N4O.ClH/c1-5-15-8-6-7-12(2)17(15)10-22-18-9-16(19(21)25)11-24-14(4)13(3)23-20(18)24;/h6-9,11,22H,5,10H2,1-4H3,(H2,21,25);1H. The van der Waals surface area contributed by atoms with E-state index in [4.69, 9.17) is 5.73 Å². The molecule has 0 aliphatic heterocycles. The van der Waals surface area contributed by atoms with Crippen molar-refractivity contribution in [2.45, 2.75) is 40.7 Å². The zero-order chi connectivity index (χ0) is 18.1. The summed E-state index contributed by atoms with van der Waals surface area (Å²) in [6.07, 6.45) is 2.74. The summed E-state index contributed by atoms with van der Waals surface area (Å²) in [5.74, 6) is -0.444. The molecule has 0 bridgehead atoms. The number of carbonyl (C=O) groups is 1. The zero-order valence-corrected chi connectivity index (χ0v) is 16.4. The average molecular weight is 373 g/mol. The van der Waals surface area contributed by atoms with Crippen LogP contribution in [0.2, 0.25) is 0 Å². The lowest BCUT2D eigenvalue weighted by molar-refractivity contribution is 0.1000. The fraction of sp³-hybridized carbons (Fsp3) is 0.300. The number of pyridine rings is 1. The Hall–Kier alpha value is -2.53. The number of anilines is 1. The molecule has 2 aromatic heterocycles. The van der Waals surface area contributed by atoms with Crippen LogP contribution >= 0.6 is 12.4 Å². The first-order valence-corrected chi connectivity index (χ1v) is 8.52. The molecule has 3 rings (SSSR count). The summed E-state index contributed by atoms with van der Waals surface area (Å²) >= 11 is 0. The molecule has 138 valence electrons. The van der Waals surface area contributed by atoms with E-state index < -0.39 is 5.91 Å². The second-order valence-corrected chi connectivity index (χ2v) is 6.40. The van der Waals surface area contributed by atoms with Crippen molar-refractivity contribution in [3.8, 4) is 0 Å². The van der Waals surface area contributed by atoms with E-state index in [1.165, 1.54) is 16.7 Å². The van der Waals surface area contributed by atoms with Crippen LogP contribution in [0.25, 0.3) is 5.65 Å². The Morgan fingerprint density at radius 1 is 1.27 bits per heavy atom. The highest BCUT2D eigenvalue weighted by Gasteiger charge is 2.14. The van der Waals surface area contributed by atoms with E-state index in [0.29, 0.717) is 12.1 Å². The quantitative estimate of drug-likeness (QED) is 0.712. The average Bonchev–Trinajstić information content (AvgIpc) is 2.88. The summed E-state index contributed by atoms with van der Waals surface area (Å²) in [5, 5.41) is 3.46. The molecule has 0 saturated heterocycles. The molecule has 6 heteroatoms. The number of hydrogen-bond acceptors (Lipinski definition) is 3. The van der Waals surface area contributed by atoms with Gasteiger partial charge in [0.25, 0.3) is 0 Å². The van der Waals surface area contributed by atoms with Crippen molar-refractivity contribution in [1.82, 2.24) is 9.38 Å². The lowest BCUT2D eigenvalue weighted by Gasteiger charge is -2.14. The normalized spacial score (nSPS) is 10.6. The maximum Gasteiger partial charge on any atom is 0.250 e. The number of nitrogens with zero attached hydrogens (tertiary/aromatic N) is 2. The molecule has 5 nitrogen and oxygen atoms in total. The summed E-state index contributed by atoms with van der Waals surface area (Å²) in [4.78, 5) is 16.3. The summed E-state index contributed by atoms with van der Waals surface area (Å²) in [6, 6.07) is 8.15. The van der Waals surface area contributed by atoms with Gasteiger partial charge < -0.3 is 15.5 Å². The SMILES string of the molecule is CCc1cccc(C)c1CNc1cc(C(N)=O)cn2c(C)c(C)nc12.Cl. The van der Waals surface area contributed by atoms with Gasteiger partial charge in [0.15, 0.2) is 5.65 Å². The first-order chi connectivity index (χ1) is 11.9. The largest absolute Gasteiger partial charge is 0.378 e. The monoisotopic (exact) mass is 372 g/mol. The van der Waals surface area contributed by atoms with E-state index >= 15 is 0 Å². The number of halogens is 1. The van der Waals surface area contributed by atoms with Crippen LogP contribution in [0, 0.1) is 20.8 Å². The number of fused-ring (bicyclic) bond motifs is 1. The van der Waals surface area contributed by atoms with Crippen LogP contribution in [0.5, 0.6) is 0 Å². The molecule has 0 aliphatic carbocycles. The van der Waals surface area contributed by atoms with E-state index in [-0.39, 0.29) is 12.4 Å². The number of hydrogen-bond donors (Lipinski definition) is 2. The topological polar surface area (TPSA) is 72.4 Å². The predicted octanol–water partition coefficient (Wildman–Crippen LogP) is 3.95. The molecule has 3 N–H and O–H groups in total. The fourth-order valence-corrected chi connectivity index (χ4v) is 3.17. The fourth-order valence-electron chi connectivity index (χ4n) is 3.17. The molecule has 0 radical (unpaired) electrons. The summed E-state index contributed by atoms with van der Waals surface area (Å²) in [6.45, 7) is 8.91. The number of nitrogens with one attached hydrogen (secondary N) is 1. The minimum absolute atomic E-state index is 0. The molecule has 0 unspecified atom stereocenters. The highest BCUT2D eigenvalue weighted by atomic mass is 35.5. The Bertz CT molecular complexity index is 962. The first-order valence-electron chi connectivity index (χ1n) is 8.52. The zero-order valence-electron chi connectivity index (χ0n) is 15.6. The van der Waals surface area contributed by atoms with E-state index in [9.17, 15) is 4.79 Å². The van der Waals surface area contributed by atoms with E-state index in [1.807, 2.05) is 18.2 Å². The van der Waals surface area contributed by atoms with Gasteiger partial charge in [-0.1, -0.05) is 25.1 Å². The molecular formula is C20H25ClN4O. The molecule has 0 atom stereocenters. The second-order valence-electron chi connectivity index (χ2n) is 6.40. The third kappa shape index (κ3) is 3.53. The second kappa shape index (κ2) is 7.79. The predicted molar refractivity (Wildman–Crippen MR) is 108 cm³/mol. The first kappa shape index (κ1) is 19.8. The lowest BCUT2D eigenvalue weighted by Crippen LogP contribution is -2.14. The van der Waals surface area contributed by atoms with E-state index in [0.717, 1.165) is 29.1 Å². The van der Waals surface area contributed by atoms with Crippen LogP contribution in [0.1, 0.15) is 45.4 Å². The molecule has 0 spiro atoms. The van der Waals surface area contributed by atoms with E-state index in [2.05, 4.69) is 42.3 Å². The smallest absolute Gasteiger partial charge is 0.250 e. The minimum atomic E-state index is -0.444. The number of aromatic nitrogens is 2. The van der Waals surface area contributed by atoms with Gasteiger partial charge >= 0.3 is 0 Å². The maximum absolute atomic E-state index is 11.7. The van der Waals surface area contributed by atoms with E-state index in [1.54, 1.807) is 12.3 Å². The Morgan fingerprint density at radius 2 is 2.00 bits per heavy atom. The van der Waals surface area contributed by atoms with Crippen molar-refractivity contribution in [2.24, 2.45) is 5.73 Å². The Kier molecular flexibility index (Phi) is 5.93. The number of benzene rings is 1. The van der Waals surface area contributed by atoms with Gasteiger partial charge in [-0.05, 0) is 49.9 Å². The summed E-state index contributed by atoms with van der Waals surface area (Å²) < 4.78 is 1.93.